The molecule has 14 heavy (non-hydrogen) atoms. The van der Waals surface area contributed by atoms with Crippen LogP contribution < -0.4 is 4.74 Å². The number of pyridine rings is 1. The molecule has 0 aliphatic rings. The molecule has 0 fully saturated rings. The minimum Gasteiger partial charge on any atom is -0.478 e. The first kappa shape index (κ1) is 9.80. The number of nitrogens with zero attached hydrogens (tertiary/aromatic N) is 2. The van der Waals surface area contributed by atoms with Crippen molar-refractivity contribution in [2.24, 2.45) is 0 Å². The van der Waals surface area contributed by atoms with E-state index in [-0.39, 0.29) is 0 Å². The second-order valence-corrected chi connectivity index (χ2v) is 3.96. The second-order valence-electron chi connectivity index (χ2n) is 2.70. The van der Waals surface area contributed by atoms with Gasteiger partial charge < -0.3 is 4.74 Å². The minimum absolute atomic E-state index is 0.573. The van der Waals surface area contributed by atoms with Crippen molar-refractivity contribution < 1.29 is 4.74 Å². The lowest BCUT2D eigenvalue weighted by molar-refractivity contribution is 0.323. The van der Waals surface area contributed by atoms with Crippen molar-refractivity contribution in [2.75, 3.05) is 6.61 Å². The molecule has 0 atom stereocenters. The van der Waals surface area contributed by atoms with Gasteiger partial charge >= 0.3 is 0 Å². The van der Waals surface area contributed by atoms with Crippen LogP contribution in [0.4, 0.5) is 0 Å². The smallest absolute Gasteiger partial charge is 0.218 e. The van der Waals surface area contributed by atoms with Gasteiger partial charge in [0.25, 0.3) is 0 Å². The molecule has 0 spiro atoms. The third-order valence-electron chi connectivity index (χ3n) is 1.81. The summed E-state index contributed by atoms with van der Waals surface area (Å²) in [6, 6.07) is 1.79. The maximum atomic E-state index is 6.04. The first-order chi connectivity index (χ1) is 6.74. The van der Waals surface area contributed by atoms with Crippen molar-refractivity contribution >= 4 is 33.2 Å². The Labute approximate surface area is 94.8 Å². The Morgan fingerprint density at radius 3 is 3.14 bits per heavy atom. The van der Waals surface area contributed by atoms with Gasteiger partial charge in [-0.1, -0.05) is 11.6 Å². The van der Waals surface area contributed by atoms with E-state index in [1.807, 2.05) is 17.5 Å². The van der Waals surface area contributed by atoms with Gasteiger partial charge in [-0.25, -0.2) is 4.98 Å². The van der Waals surface area contributed by atoms with Crippen LogP contribution in [0.15, 0.2) is 22.9 Å². The van der Waals surface area contributed by atoms with Crippen LogP contribution in [0.2, 0.25) is 5.02 Å². The van der Waals surface area contributed by atoms with Gasteiger partial charge in [0.05, 0.1) is 11.1 Å². The lowest BCUT2D eigenvalue weighted by Gasteiger charge is -2.08. The fourth-order valence-electron chi connectivity index (χ4n) is 1.27. The fourth-order valence-corrected chi connectivity index (χ4v) is 2.18. The molecule has 3 nitrogen and oxygen atoms in total. The average molecular weight is 276 g/mol. The first-order valence-corrected chi connectivity index (χ1v) is 5.35. The number of aromatic nitrogens is 2. The van der Waals surface area contributed by atoms with E-state index in [0.29, 0.717) is 17.5 Å². The number of hydrogen-bond donors (Lipinski definition) is 0. The normalized spacial score (nSPS) is 10.8. The van der Waals surface area contributed by atoms with Crippen molar-refractivity contribution in [1.29, 1.82) is 0 Å². The van der Waals surface area contributed by atoms with Crippen LogP contribution in [0.1, 0.15) is 6.92 Å². The van der Waals surface area contributed by atoms with E-state index in [2.05, 4.69) is 20.9 Å². The van der Waals surface area contributed by atoms with Crippen LogP contribution in [-0.4, -0.2) is 16.0 Å². The number of halogens is 2. The number of ether oxygens (including phenoxy) is 1. The second kappa shape index (κ2) is 3.79. The largest absolute Gasteiger partial charge is 0.478 e. The van der Waals surface area contributed by atoms with Gasteiger partial charge in [0.15, 0.2) is 5.65 Å². The fraction of sp³-hybridized carbons (Fsp3) is 0.222. The van der Waals surface area contributed by atoms with E-state index in [9.17, 15) is 0 Å². The molecule has 0 bridgehead atoms. The minimum atomic E-state index is 0.573. The summed E-state index contributed by atoms with van der Waals surface area (Å²) in [7, 11) is 0. The van der Waals surface area contributed by atoms with Crippen LogP contribution in [0, 0.1) is 0 Å². The molecule has 2 rings (SSSR count). The molecule has 0 radical (unpaired) electrons. The van der Waals surface area contributed by atoms with Crippen LogP contribution in [0.3, 0.4) is 0 Å². The Morgan fingerprint density at radius 1 is 1.64 bits per heavy atom. The molecule has 0 N–H and O–H groups in total. The van der Waals surface area contributed by atoms with Crippen molar-refractivity contribution in [3.05, 3.63) is 28.0 Å². The standard InChI is InChI=1S/C9H8BrClN2O/c1-2-14-9-7(11)5-6(10)8-12-3-4-13(8)9/h3-5H,2H2,1H3. The van der Waals surface area contributed by atoms with Gasteiger partial charge in [-0.3, -0.25) is 4.40 Å². The summed E-state index contributed by atoms with van der Waals surface area (Å²) in [6.07, 6.45) is 3.52. The zero-order valence-corrected chi connectivity index (χ0v) is 9.84. The Balaban J connectivity index is 2.73. The van der Waals surface area contributed by atoms with Crippen molar-refractivity contribution in [1.82, 2.24) is 9.38 Å². The van der Waals surface area contributed by atoms with Gasteiger partial charge in [-0.15, -0.1) is 0 Å². The van der Waals surface area contributed by atoms with Crippen LogP contribution >= 0.6 is 27.5 Å². The van der Waals surface area contributed by atoms with E-state index in [0.717, 1.165) is 10.1 Å². The van der Waals surface area contributed by atoms with Crippen LogP contribution in [0.5, 0.6) is 5.88 Å². The van der Waals surface area contributed by atoms with E-state index in [1.165, 1.54) is 0 Å². The molecule has 5 heteroatoms. The van der Waals surface area contributed by atoms with Gasteiger partial charge in [0, 0.05) is 12.4 Å². The van der Waals surface area contributed by atoms with Gasteiger partial charge in [-0.05, 0) is 28.9 Å². The zero-order valence-electron chi connectivity index (χ0n) is 7.50. The summed E-state index contributed by atoms with van der Waals surface area (Å²) in [4.78, 5) is 4.18. The molecular formula is C9H8BrClN2O. The monoisotopic (exact) mass is 274 g/mol. The van der Waals surface area contributed by atoms with E-state index >= 15 is 0 Å². The summed E-state index contributed by atoms with van der Waals surface area (Å²) in [5, 5.41) is 0.573. The molecule has 2 aromatic heterocycles. The summed E-state index contributed by atoms with van der Waals surface area (Å²) in [6.45, 7) is 2.50. The zero-order chi connectivity index (χ0) is 10.1. The molecule has 0 unspecified atom stereocenters. The topological polar surface area (TPSA) is 26.5 Å². The highest BCUT2D eigenvalue weighted by Crippen LogP contribution is 2.30. The maximum absolute atomic E-state index is 6.04. The lowest BCUT2D eigenvalue weighted by atomic mass is 10.4. The number of hydrogen-bond acceptors (Lipinski definition) is 2. The predicted octanol–water partition coefficient (Wildman–Crippen LogP) is 3.15. The highest BCUT2D eigenvalue weighted by atomic mass is 79.9. The third kappa shape index (κ3) is 1.48. The Bertz CT molecular complexity index is 469. The highest BCUT2D eigenvalue weighted by molar-refractivity contribution is 9.10. The Kier molecular flexibility index (Phi) is 2.65. The SMILES string of the molecule is CCOc1c(Cl)cc(Br)c2nccn12. The lowest BCUT2D eigenvalue weighted by Crippen LogP contribution is -1.99. The Hall–Kier alpha value is -0.740. The molecule has 0 aliphatic heterocycles. The van der Waals surface area contributed by atoms with Crippen LogP contribution in [-0.2, 0) is 0 Å². The van der Waals surface area contributed by atoms with Gasteiger partial charge in [0.1, 0.15) is 5.02 Å². The Morgan fingerprint density at radius 2 is 2.43 bits per heavy atom. The molecular weight excluding hydrogens is 267 g/mol. The number of fused-ring (bicyclic) bond motifs is 1. The van der Waals surface area contributed by atoms with Crippen molar-refractivity contribution in [3.63, 3.8) is 0 Å². The maximum Gasteiger partial charge on any atom is 0.218 e. The molecule has 74 valence electrons. The van der Waals surface area contributed by atoms with E-state index in [4.69, 9.17) is 16.3 Å². The summed E-state index contributed by atoms with van der Waals surface area (Å²) < 4.78 is 8.11. The number of imidazole rings is 1. The van der Waals surface area contributed by atoms with Crippen molar-refractivity contribution in [3.8, 4) is 5.88 Å². The third-order valence-corrected chi connectivity index (χ3v) is 2.67. The van der Waals surface area contributed by atoms with Crippen molar-refractivity contribution in [2.45, 2.75) is 6.92 Å². The van der Waals surface area contributed by atoms with Crippen LogP contribution in [0.25, 0.3) is 5.65 Å². The van der Waals surface area contributed by atoms with E-state index < -0.39 is 0 Å². The quantitative estimate of drug-likeness (QED) is 0.842. The molecule has 2 aromatic rings. The summed E-state index contributed by atoms with van der Waals surface area (Å²) in [5.41, 5.74) is 0.804. The number of rotatable bonds is 2. The average Bonchev–Trinajstić information content (AvgIpc) is 2.60. The molecule has 0 amide bonds. The van der Waals surface area contributed by atoms with E-state index in [1.54, 1.807) is 12.3 Å². The molecule has 2 heterocycles. The molecule has 0 aliphatic carbocycles. The molecule has 0 saturated carbocycles. The summed E-state index contributed by atoms with van der Waals surface area (Å²) >= 11 is 9.43. The van der Waals surface area contributed by atoms with Gasteiger partial charge in [0.2, 0.25) is 5.88 Å². The highest BCUT2D eigenvalue weighted by Gasteiger charge is 2.10. The molecule has 0 aromatic carbocycles. The predicted molar refractivity (Wildman–Crippen MR) is 59.1 cm³/mol. The van der Waals surface area contributed by atoms with Gasteiger partial charge in [-0.2, -0.15) is 0 Å². The first-order valence-electron chi connectivity index (χ1n) is 4.18. The molecule has 0 saturated heterocycles. The summed E-state index contributed by atoms with van der Waals surface area (Å²) in [5.74, 6) is 0.630.